The molecule has 0 aromatic heterocycles. The Morgan fingerprint density at radius 3 is 1.48 bits per heavy atom. The van der Waals surface area contributed by atoms with E-state index in [-0.39, 0.29) is 0 Å². The number of unbranched alkanes of at least 4 members (excludes halogenated alkanes) is 9. The van der Waals surface area contributed by atoms with Gasteiger partial charge in [0.05, 0.1) is 0 Å². The van der Waals surface area contributed by atoms with Crippen molar-refractivity contribution in [1.29, 1.82) is 0 Å². The molecule has 1 unspecified atom stereocenters. The maximum Gasteiger partial charge on any atom is 0.394 e. The predicted molar refractivity (Wildman–Crippen MR) is 112 cm³/mol. The van der Waals surface area contributed by atoms with Crippen LogP contribution in [0.25, 0.3) is 0 Å². The molecule has 0 spiro atoms. The SMILES string of the molecule is CC(C)CC(N)C(=O)O.CCCCCCCCCCC[CH2][Na].O=S(=O)(O)O. The van der Waals surface area contributed by atoms with E-state index < -0.39 is 22.4 Å². The van der Waals surface area contributed by atoms with Gasteiger partial charge in [0.15, 0.2) is 0 Å². The van der Waals surface area contributed by atoms with Crippen molar-refractivity contribution in [3.8, 4) is 0 Å². The van der Waals surface area contributed by atoms with Crippen molar-refractivity contribution >= 4 is 44.3 Å². The van der Waals surface area contributed by atoms with Crippen LogP contribution >= 0.6 is 0 Å². The molecule has 0 radical (unpaired) electrons. The fourth-order valence-corrected chi connectivity index (χ4v) is 2.85. The van der Waals surface area contributed by atoms with E-state index in [1.807, 2.05) is 13.8 Å². The summed E-state index contributed by atoms with van der Waals surface area (Å²) in [7, 11) is -4.67. The van der Waals surface area contributed by atoms with Gasteiger partial charge in [0, 0.05) is 0 Å². The van der Waals surface area contributed by atoms with E-state index in [4.69, 9.17) is 28.4 Å². The number of hydrogen-bond donors (Lipinski definition) is 4. The Morgan fingerprint density at radius 2 is 1.26 bits per heavy atom. The third-order valence-electron chi connectivity index (χ3n) is 3.75. The Balaban J connectivity index is -0.000000356. The molecule has 0 fully saturated rings. The molecule has 160 valence electrons. The van der Waals surface area contributed by atoms with Crippen molar-refractivity contribution in [2.75, 3.05) is 0 Å². The molecule has 5 N–H and O–H groups in total. The summed E-state index contributed by atoms with van der Waals surface area (Å²) in [5.74, 6) is -0.556. The van der Waals surface area contributed by atoms with E-state index in [9.17, 15) is 4.79 Å². The molecule has 0 aliphatic carbocycles. The molecule has 0 aromatic carbocycles. The van der Waals surface area contributed by atoms with E-state index >= 15 is 0 Å². The molecule has 9 heteroatoms. The average molecular weight is 422 g/mol. The van der Waals surface area contributed by atoms with E-state index in [0.717, 1.165) is 0 Å². The van der Waals surface area contributed by atoms with Gasteiger partial charge in [-0.05, 0) is 12.3 Å². The Bertz CT molecular complexity index is 400. The van der Waals surface area contributed by atoms with Crippen LogP contribution in [0.5, 0.6) is 0 Å². The maximum absolute atomic E-state index is 10.1. The van der Waals surface area contributed by atoms with Crippen molar-refractivity contribution in [2.45, 2.75) is 101 Å². The molecule has 0 aliphatic heterocycles. The largest absolute Gasteiger partial charge is 0.394 e. The predicted octanol–water partition coefficient (Wildman–Crippen LogP) is 4.29. The second-order valence-corrected chi connectivity index (χ2v) is 9.10. The van der Waals surface area contributed by atoms with Gasteiger partial charge in [-0.3, -0.25) is 13.9 Å². The minimum Gasteiger partial charge on any atom is -0.264 e. The Morgan fingerprint density at radius 1 is 0.926 bits per heavy atom. The van der Waals surface area contributed by atoms with E-state index in [0.29, 0.717) is 12.3 Å². The first-order valence-corrected chi connectivity index (χ1v) is 12.9. The minimum absolute atomic E-state index is 0.357. The Hall–Kier alpha value is 0.300. The van der Waals surface area contributed by atoms with Crippen LogP contribution in [0.4, 0.5) is 0 Å². The summed E-state index contributed by atoms with van der Waals surface area (Å²) >= 11 is 1.41. The molecule has 0 rings (SSSR count). The zero-order chi connectivity index (χ0) is 21.7. The van der Waals surface area contributed by atoms with Gasteiger partial charge in [-0.25, -0.2) is 0 Å². The van der Waals surface area contributed by atoms with Crippen molar-refractivity contribution < 1.29 is 27.4 Å². The number of aliphatic carboxylic acids is 1. The van der Waals surface area contributed by atoms with Gasteiger partial charge in [-0.15, -0.1) is 0 Å². The molecule has 27 heavy (non-hydrogen) atoms. The van der Waals surface area contributed by atoms with Crippen molar-refractivity contribution in [2.24, 2.45) is 11.7 Å². The van der Waals surface area contributed by atoms with Crippen LogP contribution in [-0.4, -0.2) is 62.6 Å². The van der Waals surface area contributed by atoms with Crippen LogP contribution in [0.3, 0.4) is 0 Å². The third-order valence-corrected chi connectivity index (χ3v) is 4.46. The number of carboxylic acid groups (broad SMARTS) is 1. The quantitative estimate of drug-likeness (QED) is 0.198. The number of nitrogens with two attached hydrogens (primary N) is 1. The van der Waals surface area contributed by atoms with E-state index in [1.165, 1.54) is 95.8 Å². The first-order valence-electron chi connectivity index (χ1n) is 10.1. The van der Waals surface area contributed by atoms with Crippen LogP contribution in [0.15, 0.2) is 0 Å². The van der Waals surface area contributed by atoms with Crippen molar-refractivity contribution in [3.05, 3.63) is 0 Å². The van der Waals surface area contributed by atoms with Gasteiger partial charge >= 0.3 is 119 Å². The summed E-state index contributed by atoms with van der Waals surface area (Å²) in [6, 6.07) is -0.690. The monoisotopic (exact) mass is 421 g/mol. The standard InChI is InChI=1S/C12H25.C6H13NO2.Na.H2O4S/c1-3-5-7-9-11-12-10-8-6-4-2;1-4(2)3-5(7)6(8)9;;1-5(2,3)4/h1,3-12H2,2H3;4-5H,3,7H2,1-2H3,(H,8,9);;(H2,1,2,3,4). The van der Waals surface area contributed by atoms with Crippen LogP contribution in [0.1, 0.15) is 91.4 Å². The van der Waals surface area contributed by atoms with Crippen LogP contribution < -0.4 is 5.73 Å². The van der Waals surface area contributed by atoms with Crippen LogP contribution in [0, 0.1) is 5.92 Å². The molecular weight excluding hydrogens is 381 g/mol. The Labute approximate surface area is 183 Å². The molecule has 0 saturated carbocycles. The zero-order valence-electron chi connectivity index (χ0n) is 17.7. The normalized spacial score (nSPS) is 11.9. The molecule has 0 aliphatic rings. The molecule has 1 atom stereocenters. The fourth-order valence-electron chi connectivity index (χ4n) is 2.35. The summed E-state index contributed by atoms with van der Waals surface area (Å²) in [5, 5.41) is 8.31. The smallest absolute Gasteiger partial charge is 0.264 e. The molecular formula is C18H40NNaO6S. The van der Waals surface area contributed by atoms with Gasteiger partial charge in [0.25, 0.3) is 0 Å². The van der Waals surface area contributed by atoms with Crippen LogP contribution in [-0.2, 0) is 15.2 Å². The number of rotatable bonds is 13. The summed E-state index contributed by atoms with van der Waals surface area (Å²) < 4.78 is 33.1. The number of carboxylic acids is 1. The topological polar surface area (TPSA) is 138 Å². The second kappa shape index (κ2) is 22.6. The molecule has 0 bridgehead atoms. The van der Waals surface area contributed by atoms with Crippen molar-refractivity contribution in [1.82, 2.24) is 0 Å². The first-order chi connectivity index (χ1) is 12.5. The van der Waals surface area contributed by atoms with Gasteiger partial charge < -0.3 is 10.8 Å². The first kappa shape index (κ1) is 32.0. The summed E-state index contributed by atoms with van der Waals surface area (Å²) in [4.78, 5) is 10.1. The number of carbonyl (C=O) groups is 1. The third kappa shape index (κ3) is 46.4. The van der Waals surface area contributed by atoms with Crippen LogP contribution in [0.2, 0.25) is 3.67 Å². The second-order valence-electron chi connectivity index (χ2n) is 7.20. The zero-order valence-corrected chi connectivity index (χ0v) is 20.5. The molecule has 7 nitrogen and oxygen atoms in total. The molecule has 0 amide bonds. The number of hydrogen-bond acceptors (Lipinski definition) is 4. The van der Waals surface area contributed by atoms with Crippen molar-refractivity contribution in [3.63, 3.8) is 0 Å². The summed E-state index contributed by atoms with van der Waals surface area (Å²) in [6.45, 7) is 6.18. The van der Waals surface area contributed by atoms with Gasteiger partial charge in [-0.2, -0.15) is 8.42 Å². The molecule has 0 saturated heterocycles. The maximum atomic E-state index is 10.1. The van der Waals surface area contributed by atoms with Gasteiger partial charge in [0.1, 0.15) is 6.04 Å². The van der Waals surface area contributed by atoms with Gasteiger partial charge in [-0.1, -0.05) is 13.8 Å². The summed E-state index contributed by atoms with van der Waals surface area (Å²) in [6.07, 6.45) is 15.3. The fraction of sp³-hybridized carbons (Fsp3) is 0.944. The molecule has 0 aromatic rings. The van der Waals surface area contributed by atoms with E-state index in [2.05, 4.69) is 6.92 Å². The molecule has 0 heterocycles. The van der Waals surface area contributed by atoms with E-state index in [1.54, 1.807) is 0 Å². The summed E-state index contributed by atoms with van der Waals surface area (Å²) in [5.41, 5.74) is 5.22. The van der Waals surface area contributed by atoms with Gasteiger partial charge in [0.2, 0.25) is 0 Å². The minimum atomic E-state index is -4.67. The average Bonchev–Trinajstić information content (AvgIpc) is 2.52. The Kier molecular flexibility index (Phi) is 26.8.